The Labute approximate surface area is 142 Å². The van der Waals surface area contributed by atoms with E-state index in [2.05, 4.69) is 31.9 Å². The SMILES string of the molecule is CCC(N)C(Oc1cc(Br)cc(F)c1F)c1ccc(Br)s1. The quantitative estimate of drug-likeness (QED) is 0.631. The largest absolute Gasteiger partial charge is 0.480 e. The number of halogens is 4. The Morgan fingerprint density at radius 2 is 2.00 bits per heavy atom. The molecule has 7 heteroatoms. The molecule has 1 heterocycles. The first-order chi connectivity index (χ1) is 9.92. The van der Waals surface area contributed by atoms with Gasteiger partial charge in [-0.05, 0) is 46.6 Å². The Morgan fingerprint density at radius 3 is 2.57 bits per heavy atom. The van der Waals surface area contributed by atoms with Gasteiger partial charge in [0.2, 0.25) is 5.82 Å². The highest BCUT2D eigenvalue weighted by Crippen LogP contribution is 2.35. The minimum Gasteiger partial charge on any atom is -0.480 e. The van der Waals surface area contributed by atoms with Gasteiger partial charge >= 0.3 is 0 Å². The Hall–Kier alpha value is -0.500. The van der Waals surface area contributed by atoms with E-state index < -0.39 is 17.7 Å². The van der Waals surface area contributed by atoms with Gasteiger partial charge in [-0.15, -0.1) is 11.3 Å². The van der Waals surface area contributed by atoms with Gasteiger partial charge in [-0.3, -0.25) is 0 Å². The minimum absolute atomic E-state index is 0.153. The first-order valence-electron chi connectivity index (χ1n) is 6.24. The Balaban J connectivity index is 2.36. The van der Waals surface area contributed by atoms with Crippen LogP contribution in [0.3, 0.4) is 0 Å². The van der Waals surface area contributed by atoms with Crippen molar-refractivity contribution >= 4 is 43.2 Å². The maximum absolute atomic E-state index is 13.9. The van der Waals surface area contributed by atoms with Crippen molar-refractivity contribution in [1.29, 1.82) is 0 Å². The van der Waals surface area contributed by atoms with E-state index in [-0.39, 0.29) is 11.8 Å². The fourth-order valence-corrected chi connectivity index (χ4v) is 3.74. The molecular weight excluding hydrogens is 428 g/mol. The molecule has 0 aliphatic carbocycles. The van der Waals surface area contributed by atoms with Crippen molar-refractivity contribution in [3.8, 4) is 5.75 Å². The smallest absolute Gasteiger partial charge is 0.200 e. The van der Waals surface area contributed by atoms with Crippen LogP contribution in [0.2, 0.25) is 0 Å². The summed E-state index contributed by atoms with van der Waals surface area (Å²) in [5.74, 6) is -2.13. The molecule has 2 aromatic rings. The van der Waals surface area contributed by atoms with Crippen LogP contribution in [0.1, 0.15) is 24.3 Å². The second-order valence-corrected chi connectivity index (χ2v) is 7.86. The standard InChI is InChI=1S/C14H13Br2F2NOS/c1-2-9(19)14(11-3-4-12(16)21-11)20-10-6-7(15)5-8(17)13(10)18/h3-6,9,14H,2,19H2,1H3. The second-order valence-electron chi connectivity index (χ2n) is 4.45. The topological polar surface area (TPSA) is 35.2 Å². The number of nitrogens with two attached hydrogens (primary N) is 1. The van der Waals surface area contributed by atoms with Crippen molar-refractivity contribution < 1.29 is 13.5 Å². The van der Waals surface area contributed by atoms with Gasteiger partial charge in [-0.1, -0.05) is 22.9 Å². The molecule has 114 valence electrons. The van der Waals surface area contributed by atoms with Crippen LogP contribution in [0.4, 0.5) is 8.78 Å². The molecule has 0 aliphatic heterocycles. The van der Waals surface area contributed by atoms with Crippen LogP contribution in [0.15, 0.2) is 32.5 Å². The maximum atomic E-state index is 13.9. The summed E-state index contributed by atoms with van der Waals surface area (Å²) in [4.78, 5) is 0.857. The van der Waals surface area contributed by atoms with Crippen molar-refractivity contribution in [2.75, 3.05) is 0 Å². The molecule has 0 bridgehead atoms. The Bertz CT molecular complexity index is 635. The van der Waals surface area contributed by atoms with Crippen LogP contribution < -0.4 is 10.5 Å². The zero-order valence-corrected chi connectivity index (χ0v) is 15.1. The number of hydrogen-bond acceptors (Lipinski definition) is 3. The molecule has 1 aromatic heterocycles. The molecule has 2 atom stereocenters. The third-order valence-corrected chi connectivity index (χ3v) is 5.09. The van der Waals surface area contributed by atoms with E-state index in [1.807, 2.05) is 19.1 Å². The van der Waals surface area contributed by atoms with E-state index in [4.69, 9.17) is 10.5 Å². The van der Waals surface area contributed by atoms with E-state index in [1.165, 1.54) is 17.4 Å². The van der Waals surface area contributed by atoms with Gasteiger partial charge in [0.1, 0.15) is 6.10 Å². The van der Waals surface area contributed by atoms with E-state index in [0.717, 1.165) is 14.7 Å². The van der Waals surface area contributed by atoms with Crippen LogP contribution in [0.5, 0.6) is 5.75 Å². The number of rotatable bonds is 5. The van der Waals surface area contributed by atoms with E-state index >= 15 is 0 Å². The summed E-state index contributed by atoms with van der Waals surface area (Å²) in [7, 11) is 0. The zero-order chi connectivity index (χ0) is 15.6. The highest BCUT2D eigenvalue weighted by molar-refractivity contribution is 9.11. The summed E-state index contributed by atoms with van der Waals surface area (Å²) >= 11 is 7.96. The molecule has 2 unspecified atom stereocenters. The fraction of sp³-hybridized carbons (Fsp3) is 0.286. The summed E-state index contributed by atoms with van der Waals surface area (Å²) in [5.41, 5.74) is 6.07. The number of ether oxygens (including phenoxy) is 1. The van der Waals surface area contributed by atoms with Crippen molar-refractivity contribution in [3.63, 3.8) is 0 Å². The van der Waals surface area contributed by atoms with Gasteiger partial charge in [0, 0.05) is 15.4 Å². The van der Waals surface area contributed by atoms with Gasteiger partial charge in [-0.2, -0.15) is 4.39 Å². The molecule has 0 spiro atoms. The van der Waals surface area contributed by atoms with Crippen LogP contribution in [-0.2, 0) is 0 Å². The van der Waals surface area contributed by atoms with E-state index in [9.17, 15) is 8.78 Å². The maximum Gasteiger partial charge on any atom is 0.200 e. The van der Waals surface area contributed by atoms with Gasteiger partial charge in [0.15, 0.2) is 11.6 Å². The minimum atomic E-state index is -1.01. The summed E-state index contributed by atoms with van der Waals surface area (Å²) in [6.07, 6.45) is 0.118. The number of benzene rings is 1. The Kier molecular flexibility index (Phi) is 5.76. The molecule has 0 aliphatic rings. The molecule has 0 saturated carbocycles. The van der Waals surface area contributed by atoms with Crippen LogP contribution in [0, 0.1) is 11.6 Å². The monoisotopic (exact) mass is 439 g/mol. The summed E-state index contributed by atoms with van der Waals surface area (Å²) in [6, 6.07) is 5.87. The molecule has 21 heavy (non-hydrogen) atoms. The first-order valence-corrected chi connectivity index (χ1v) is 8.64. The lowest BCUT2D eigenvalue weighted by Crippen LogP contribution is -2.31. The van der Waals surface area contributed by atoms with E-state index in [1.54, 1.807) is 0 Å². The molecule has 0 radical (unpaired) electrons. The average Bonchev–Trinajstić information content (AvgIpc) is 2.86. The van der Waals surface area contributed by atoms with E-state index in [0.29, 0.717) is 10.9 Å². The predicted octanol–water partition coefficient (Wildman–Crippen LogP) is 5.41. The van der Waals surface area contributed by atoms with Crippen molar-refractivity contribution in [1.82, 2.24) is 0 Å². The molecule has 1 aromatic carbocycles. The molecule has 0 amide bonds. The summed E-state index contributed by atoms with van der Waals surface area (Å²) in [6.45, 7) is 1.92. The normalized spacial score (nSPS) is 14.0. The number of hydrogen-bond donors (Lipinski definition) is 1. The van der Waals surface area contributed by atoms with Crippen molar-refractivity contribution in [3.05, 3.63) is 49.0 Å². The van der Waals surface area contributed by atoms with Crippen molar-refractivity contribution in [2.24, 2.45) is 5.73 Å². The summed E-state index contributed by atoms with van der Waals surface area (Å²) < 4.78 is 34.3. The molecule has 2 nitrogen and oxygen atoms in total. The highest BCUT2D eigenvalue weighted by Gasteiger charge is 2.24. The third-order valence-electron chi connectivity index (χ3n) is 2.95. The Morgan fingerprint density at radius 1 is 1.29 bits per heavy atom. The van der Waals surface area contributed by atoms with Crippen LogP contribution >= 0.6 is 43.2 Å². The summed E-state index contributed by atoms with van der Waals surface area (Å²) in [5, 5.41) is 0. The lowest BCUT2D eigenvalue weighted by Gasteiger charge is -2.23. The van der Waals surface area contributed by atoms with Gasteiger partial charge < -0.3 is 10.5 Å². The van der Waals surface area contributed by atoms with Crippen molar-refractivity contribution in [2.45, 2.75) is 25.5 Å². The first kappa shape index (κ1) is 16.9. The number of thiophene rings is 1. The second kappa shape index (κ2) is 7.17. The molecule has 0 fully saturated rings. The molecule has 0 saturated heterocycles. The van der Waals surface area contributed by atoms with Gasteiger partial charge in [-0.25, -0.2) is 4.39 Å². The highest BCUT2D eigenvalue weighted by atomic mass is 79.9. The van der Waals surface area contributed by atoms with Gasteiger partial charge in [0.25, 0.3) is 0 Å². The lowest BCUT2D eigenvalue weighted by molar-refractivity contribution is 0.165. The lowest BCUT2D eigenvalue weighted by atomic mass is 10.1. The average molecular weight is 441 g/mol. The molecule has 2 rings (SSSR count). The van der Waals surface area contributed by atoms with Gasteiger partial charge in [0.05, 0.1) is 3.79 Å². The molecule has 2 N–H and O–H groups in total. The zero-order valence-electron chi connectivity index (χ0n) is 11.1. The van der Waals surface area contributed by atoms with Crippen LogP contribution in [-0.4, -0.2) is 6.04 Å². The third kappa shape index (κ3) is 4.03. The van der Waals surface area contributed by atoms with Crippen LogP contribution in [0.25, 0.3) is 0 Å². The predicted molar refractivity (Wildman–Crippen MR) is 87.7 cm³/mol. The fourth-order valence-electron chi connectivity index (χ4n) is 1.81. The molecular formula is C14H13Br2F2NOS.